The van der Waals surface area contributed by atoms with Crippen LogP contribution in [-0.4, -0.2) is 28.5 Å². The van der Waals surface area contributed by atoms with Crippen molar-refractivity contribution in [2.45, 2.75) is 44.3 Å². The zero-order valence-electron chi connectivity index (χ0n) is 17.9. The number of halogens is 3. The first-order valence-corrected chi connectivity index (χ1v) is 11.0. The van der Waals surface area contributed by atoms with Gasteiger partial charge < -0.3 is 9.47 Å². The lowest BCUT2D eigenvalue weighted by Crippen LogP contribution is -2.37. The number of carbonyl (C=O) groups is 1. The van der Waals surface area contributed by atoms with Crippen LogP contribution in [0.15, 0.2) is 67.4 Å². The minimum atomic E-state index is -4.33. The number of allylic oxidation sites excluding steroid dienone is 1. The maximum absolute atomic E-state index is 12.9. The Labute approximate surface area is 186 Å². The fourth-order valence-electron chi connectivity index (χ4n) is 4.55. The maximum atomic E-state index is 12.9. The number of aromatic nitrogens is 1. The Hall–Kier alpha value is -3.02. The van der Waals surface area contributed by atoms with Crippen LogP contribution in [0.5, 0.6) is 0 Å². The summed E-state index contributed by atoms with van der Waals surface area (Å²) >= 11 is 0. The van der Waals surface area contributed by atoms with Crippen molar-refractivity contribution in [2.24, 2.45) is 0 Å². The second-order valence-electron chi connectivity index (χ2n) is 8.41. The van der Waals surface area contributed by atoms with Gasteiger partial charge in [0.1, 0.15) is 0 Å². The van der Waals surface area contributed by atoms with Crippen LogP contribution < -0.4 is 0 Å². The molecule has 32 heavy (non-hydrogen) atoms. The Morgan fingerprint density at radius 1 is 1.06 bits per heavy atom. The molecular formula is C26H27F3N2O. The lowest BCUT2D eigenvalue weighted by molar-refractivity contribution is -0.137. The van der Waals surface area contributed by atoms with Crippen molar-refractivity contribution >= 4 is 16.8 Å². The summed E-state index contributed by atoms with van der Waals surface area (Å²) in [5.74, 6) is 0.547. The molecule has 4 rings (SSSR count). The van der Waals surface area contributed by atoms with Crippen molar-refractivity contribution in [2.75, 3.05) is 13.1 Å². The van der Waals surface area contributed by atoms with E-state index in [1.165, 1.54) is 10.9 Å². The first kappa shape index (κ1) is 22.2. The lowest BCUT2D eigenvalue weighted by Gasteiger charge is -2.32. The maximum Gasteiger partial charge on any atom is 0.416 e. The Morgan fingerprint density at radius 3 is 2.41 bits per heavy atom. The average Bonchev–Trinajstić information content (AvgIpc) is 3.16. The van der Waals surface area contributed by atoms with Gasteiger partial charge in [0.05, 0.1) is 5.56 Å². The number of para-hydroxylation sites is 1. The van der Waals surface area contributed by atoms with Crippen molar-refractivity contribution in [1.29, 1.82) is 0 Å². The van der Waals surface area contributed by atoms with E-state index in [2.05, 4.69) is 29.5 Å². The summed E-state index contributed by atoms with van der Waals surface area (Å²) in [6.07, 6.45) is 2.63. The average molecular weight is 441 g/mol. The van der Waals surface area contributed by atoms with Gasteiger partial charge in [0.2, 0.25) is 5.91 Å². The van der Waals surface area contributed by atoms with Gasteiger partial charge >= 0.3 is 6.18 Å². The van der Waals surface area contributed by atoms with Crippen molar-refractivity contribution in [3.8, 4) is 0 Å². The highest BCUT2D eigenvalue weighted by atomic mass is 19.4. The molecule has 0 aliphatic carbocycles. The SMILES string of the molecule is C=CCCC(=O)N1CCC(c2cn(Cc3ccc(C(F)(F)F)cc3)c3ccccc23)CC1. The smallest absolute Gasteiger partial charge is 0.343 e. The van der Waals surface area contributed by atoms with Crippen LogP contribution in [0.1, 0.15) is 48.3 Å². The number of benzene rings is 2. The molecule has 0 bridgehead atoms. The number of rotatable bonds is 6. The van der Waals surface area contributed by atoms with E-state index in [1.54, 1.807) is 18.2 Å². The van der Waals surface area contributed by atoms with Gasteiger partial charge in [-0.25, -0.2) is 0 Å². The molecule has 3 aromatic rings. The number of amides is 1. The molecule has 1 aromatic heterocycles. The van der Waals surface area contributed by atoms with Crippen molar-refractivity contribution in [3.63, 3.8) is 0 Å². The third kappa shape index (κ3) is 4.74. The summed E-state index contributed by atoms with van der Waals surface area (Å²) in [5, 5.41) is 1.18. The van der Waals surface area contributed by atoms with Crippen LogP contribution in [0.4, 0.5) is 13.2 Å². The number of likely N-dealkylation sites (tertiary alicyclic amines) is 1. The number of alkyl halides is 3. The largest absolute Gasteiger partial charge is 0.416 e. The van der Waals surface area contributed by atoms with Crippen LogP contribution >= 0.6 is 0 Å². The summed E-state index contributed by atoms with van der Waals surface area (Å²) in [7, 11) is 0. The minimum Gasteiger partial charge on any atom is -0.343 e. The van der Waals surface area contributed by atoms with Gasteiger partial charge in [0, 0.05) is 43.2 Å². The van der Waals surface area contributed by atoms with Crippen LogP contribution in [0.25, 0.3) is 10.9 Å². The molecular weight excluding hydrogens is 413 g/mol. The molecule has 0 unspecified atom stereocenters. The molecule has 0 N–H and O–H groups in total. The fourth-order valence-corrected chi connectivity index (χ4v) is 4.55. The monoisotopic (exact) mass is 440 g/mol. The highest BCUT2D eigenvalue weighted by Gasteiger charge is 2.30. The Bertz CT molecular complexity index is 1090. The van der Waals surface area contributed by atoms with Gasteiger partial charge in [-0.15, -0.1) is 6.58 Å². The number of carbonyl (C=O) groups excluding carboxylic acids is 1. The molecule has 6 heteroatoms. The molecule has 0 spiro atoms. The molecule has 0 saturated carbocycles. The number of hydrogen-bond acceptors (Lipinski definition) is 1. The van der Waals surface area contributed by atoms with Crippen LogP contribution in [-0.2, 0) is 17.5 Å². The van der Waals surface area contributed by atoms with E-state index in [0.29, 0.717) is 25.3 Å². The molecule has 0 radical (unpaired) electrons. The van der Waals surface area contributed by atoms with Crippen LogP contribution in [0.3, 0.4) is 0 Å². The first-order chi connectivity index (χ1) is 15.4. The normalized spacial score (nSPS) is 15.3. The van der Waals surface area contributed by atoms with Gasteiger partial charge in [-0.2, -0.15) is 13.2 Å². The molecule has 0 atom stereocenters. The Morgan fingerprint density at radius 2 is 1.75 bits per heavy atom. The first-order valence-electron chi connectivity index (χ1n) is 11.0. The Balaban J connectivity index is 1.52. The minimum absolute atomic E-state index is 0.188. The van der Waals surface area contributed by atoms with E-state index >= 15 is 0 Å². The van der Waals surface area contributed by atoms with Crippen LogP contribution in [0.2, 0.25) is 0 Å². The molecule has 1 amide bonds. The van der Waals surface area contributed by atoms with Crippen molar-refractivity contribution in [1.82, 2.24) is 9.47 Å². The van der Waals surface area contributed by atoms with E-state index in [0.717, 1.165) is 49.1 Å². The quantitative estimate of drug-likeness (QED) is 0.408. The topological polar surface area (TPSA) is 25.2 Å². The summed E-state index contributed by atoms with van der Waals surface area (Å²) < 4.78 is 40.7. The molecule has 1 saturated heterocycles. The number of fused-ring (bicyclic) bond motifs is 1. The summed E-state index contributed by atoms with van der Waals surface area (Å²) in [4.78, 5) is 14.3. The number of hydrogen-bond donors (Lipinski definition) is 0. The third-order valence-electron chi connectivity index (χ3n) is 6.30. The van der Waals surface area contributed by atoms with E-state index < -0.39 is 11.7 Å². The molecule has 2 aromatic carbocycles. The van der Waals surface area contributed by atoms with Gasteiger partial charge in [-0.1, -0.05) is 36.4 Å². The highest BCUT2D eigenvalue weighted by molar-refractivity contribution is 5.84. The zero-order chi connectivity index (χ0) is 22.7. The van der Waals surface area contributed by atoms with E-state index in [1.807, 2.05) is 17.0 Å². The van der Waals surface area contributed by atoms with E-state index in [-0.39, 0.29) is 5.91 Å². The summed E-state index contributed by atoms with van der Waals surface area (Å²) in [5.41, 5.74) is 2.53. The highest BCUT2D eigenvalue weighted by Crippen LogP contribution is 2.35. The summed E-state index contributed by atoms with van der Waals surface area (Å²) in [6, 6.07) is 13.5. The van der Waals surface area contributed by atoms with Crippen molar-refractivity contribution in [3.05, 3.63) is 84.1 Å². The molecule has 1 aliphatic rings. The zero-order valence-corrected chi connectivity index (χ0v) is 17.9. The fraction of sp³-hybridized carbons (Fsp3) is 0.346. The molecule has 3 nitrogen and oxygen atoms in total. The van der Waals surface area contributed by atoms with E-state index in [4.69, 9.17) is 0 Å². The lowest BCUT2D eigenvalue weighted by atomic mass is 9.89. The van der Waals surface area contributed by atoms with Gasteiger partial charge in [-0.05, 0) is 54.5 Å². The third-order valence-corrected chi connectivity index (χ3v) is 6.30. The summed E-state index contributed by atoms with van der Waals surface area (Å²) in [6.45, 7) is 5.69. The molecule has 1 aliphatic heterocycles. The van der Waals surface area contributed by atoms with Gasteiger partial charge in [0.15, 0.2) is 0 Å². The molecule has 2 heterocycles. The van der Waals surface area contributed by atoms with Gasteiger partial charge in [0.25, 0.3) is 0 Å². The Kier molecular flexibility index (Phi) is 6.40. The predicted molar refractivity (Wildman–Crippen MR) is 120 cm³/mol. The van der Waals surface area contributed by atoms with Crippen LogP contribution in [0, 0.1) is 0 Å². The predicted octanol–water partition coefficient (Wildman–Crippen LogP) is 6.38. The van der Waals surface area contributed by atoms with Gasteiger partial charge in [-0.3, -0.25) is 4.79 Å². The standard InChI is InChI=1S/C26H27F3N2O/c1-2-3-8-25(32)30-15-13-20(14-16-30)23-18-31(24-7-5-4-6-22(23)24)17-19-9-11-21(12-10-19)26(27,28)29/h2,4-7,9-12,18,20H,1,3,8,13-17H2. The molecule has 1 fully saturated rings. The van der Waals surface area contributed by atoms with Crippen molar-refractivity contribution < 1.29 is 18.0 Å². The van der Waals surface area contributed by atoms with E-state index in [9.17, 15) is 18.0 Å². The second kappa shape index (κ2) is 9.23. The number of piperidine rings is 1. The number of nitrogens with zero attached hydrogens (tertiary/aromatic N) is 2. The molecule has 168 valence electrons. The second-order valence-corrected chi connectivity index (χ2v) is 8.41.